The molecular formula is C13H17NO8Pb. The molecule has 9 nitrogen and oxygen atoms in total. The van der Waals surface area contributed by atoms with E-state index in [-0.39, 0.29) is 27.3 Å². The topological polar surface area (TPSA) is 173 Å². The number of nitrogens with zero attached hydrogens (tertiary/aromatic N) is 1. The van der Waals surface area contributed by atoms with Crippen molar-refractivity contribution in [3.8, 4) is 0 Å². The molecule has 1 aromatic heterocycles. The van der Waals surface area contributed by atoms with Crippen molar-refractivity contribution in [1.29, 1.82) is 0 Å². The Balaban J connectivity index is -0.0000000591. The van der Waals surface area contributed by atoms with Gasteiger partial charge in [-0.3, -0.25) is 4.98 Å². The minimum absolute atomic E-state index is 0. The van der Waals surface area contributed by atoms with Crippen LogP contribution in [0.25, 0.3) is 0 Å². The van der Waals surface area contributed by atoms with Crippen molar-refractivity contribution in [3.63, 3.8) is 0 Å². The van der Waals surface area contributed by atoms with Gasteiger partial charge >= 0.3 is 27.3 Å². The maximum atomic E-state index is 8.89. The van der Waals surface area contributed by atoms with Gasteiger partial charge in [0, 0.05) is 36.3 Å². The van der Waals surface area contributed by atoms with E-state index in [2.05, 4.69) is 4.98 Å². The minimum atomic E-state index is -1.08. The van der Waals surface area contributed by atoms with Crippen LogP contribution >= 0.6 is 0 Å². The summed E-state index contributed by atoms with van der Waals surface area (Å²) in [6.07, 6.45) is 3.50. The quantitative estimate of drug-likeness (QED) is 0.306. The number of aliphatic carboxylic acids is 4. The van der Waals surface area contributed by atoms with Crippen molar-refractivity contribution in [1.82, 2.24) is 4.98 Å². The molecule has 0 fully saturated rings. The number of hydrogen-bond acceptors (Lipinski definition) is 9. The van der Waals surface area contributed by atoms with Crippen LogP contribution in [0.15, 0.2) is 30.6 Å². The van der Waals surface area contributed by atoms with Crippen molar-refractivity contribution < 1.29 is 39.6 Å². The van der Waals surface area contributed by atoms with E-state index >= 15 is 0 Å². The first kappa shape index (κ1) is 32.8. The van der Waals surface area contributed by atoms with Crippen LogP contribution in [-0.2, 0) is 19.2 Å². The largest absolute Gasteiger partial charge is 4.00 e. The van der Waals surface area contributed by atoms with Crippen molar-refractivity contribution in [2.45, 2.75) is 27.7 Å². The van der Waals surface area contributed by atoms with Gasteiger partial charge in [0.15, 0.2) is 0 Å². The standard InChI is InChI=1S/C5H5N.4C2H4O2.Pb/c1-2-4-6-5-3-1;4*1-2(3)4;/h1-5H;4*1H3,(H,3,4);/q;;;;;+4/p-4. The molecule has 0 amide bonds. The predicted molar refractivity (Wildman–Crippen MR) is 72.7 cm³/mol. The van der Waals surface area contributed by atoms with E-state index in [0.29, 0.717) is 0 Å². The number of pyridine rings is 1. The normalized spacial score (nSPS) is 6.43. The van der Waals surface area contributed by atoms with Gasteiger partial charge in [-0.25, -0.2) is 0 Å². The van der Waals surface area contributed by atoms with Gasteiger partial charge < -0.3 is 39.6 Å². The maximum absolute atomic E-state index is 8.89. The monoisotopic (exact) mass is 523 g/mol. The molecule has 23 heavy (non-hydrogen) atoms. The molecule has 0 aliphatic carbocycles. The molecule has 126 valence electrons. The molecule has 0 radical (unpaired) electrons. The molecule has 1 aromatic rings. The van der Waals surface area contributed by atoms with E-state index < -0.39 is 23.9 Å². The molecule has 10 heteroatoms. The second-order valence-corrected chi connectivity index (χ2v) is 2.99. The van der Waals surface area contributed by atoms with Crippen LogP contribution in [0.3, 0.4) is 0 Å². The third-order valence-electron chi connectivity index (χ3n) is 0.566. The van der Waals surface area contributed by atoms with Gasteiger partial charge in [0.2, 0.25) is 0 Å². The molecule has 0 saturated heterocycles. The summed E-state index contributed by atoms with van der Waals surface area (Å²) in [4.78, 5) is 39.3. The van der Waals surface area contributed by atoms with Crippen molar-refractivity contribution in [2.75, 3.05) is 0 Å². The molecular weight excluding hydrogens is 505 g/mol. The van der Waals surface area contributed by atoms with E-state index in [0.717, 1.165) is 27.7 Å². The van der Waals surface area contributed by atoms with E-state index in [1.807, 2.05) is 18.2 Å². The van der Waals surface area contributed by atoms with Crippen LogP contribution in [0.5, 0.6) is 0 Å². The van der Waals surface area contributed by atoms with Gasteiger partial charge in [-0.2, -0.15) is 0 Å². The molecule has 0 aliphatic rings. The molecule has 0 aromatic carbocycles. The first-order chi connectivity index (χ1) is 9.93. The number of carbonyl (C=O) groups excluding carboxylic acids is 4. The summed E-state index contributed by atoms with van der Waals surface area (Å²) in [5.74, 6) is -4.33. The predicted octanol–water partition coefficient (Wildman–Crippen LogP) is -4.27. The van der Waals surface area contributed by atoms with Crippen LogP contribution < -0.4 is 20.4 Å². The Labute approximate surface area is 154 Å². The zero-order chi connectivity index (χ0) is 18.6. The molecule has 0 saturated carbocycles. The fraction of sp³-hybridized carbons (Fsp3) is 0.308. The molecule has 0 spiro atoms. The maximum Gasteiger partial charge on any atom is 4.00 e. The second-order valence-electron chi connectivity index (χ2n) is 2.99. The molecule has 0 aliphatic heterocycles. The second kappa shape index (κ2) is 28.2. The van der Waals surface area contributed by atoms with Crippen LogP contribution in [0.2, 0.25) is 0 Å². The fourth-order valence-corrected chi connectivity index (χ4v) is 0.313. The Bertz CT molecular complexity index is 321. The van der Waals surface area contributed by atoms with Gasteiger partial charge in [0.25, 0.3) is 0 Å². The zero-order valence-corrected chi connectivity index (χ0v) is 17.0. The SMILES string of the molecule is CC(=O)[O-].CC(=O)[O-].CC(=O)[O-].CC(=O)[O-].[Pb+4].c1ccncc1. The van der Waals surface area contributed by atoms with Crippen molar-refractivity contribution >= 4 is 51.2 Å². The Kier molecular flexibility index (Phi) is 40.1. The van der Waals surface area contributed by atoms with E-state index in [1.165, 1.54) is 0 Å². The third kappa shape index (κ3) is 412. The summed E-state index contributed by atoms with van der Waals surface area (Å²) in [7, 11) is 0. The average Bonchev–Trinajstić information content (AvgIpc) is 2.28. The number of hydrogen-bond donors (Lipinski definition) is 0. The van der Waals surface area contributed by atoms with Gasteiger partial charge in [-0.1, -0.05) is 6.07 Å². The summed E-state index contributed by atoms with van der Waals surface area (Å²) in [5.41, 5.74) is 0. The molecule has 1 rings (SSSR count). The molecule has 0 N–H and O–H groups in total. The van der Waals surface area contributed by atoms with Crippen LogP contribution in [-0.4, -0.2) is 56.2 Å². The van der Waals surface area contributed by atoms with E-state index in [4.69, 9.17) is 39.6 Å². The summed E-state index contributed by atoms with van der Waals surface area (Å²) in [6.45, 7) is 3.89. The third-order valence-corrected chi connectivity index (χ3v) is 0.566. The Morgan fingerprint density at radius 1 is 0.609 bits per heavy atom. The Morgan fingerprint density at radius 3 is 0.826 bits per heavy atom. The van der Waals surface area contributed by atoms with Gasteiger partial charge in [-0.15, -0.1) is 0 Å². The summed E-state index contributed by atoms with van der Waals surface area (Å²) >= 11 is 0. The average molecular weight is 522 g/mol. The first-order valence-electron chi connectivity index (χ1n) is 5.48. The van der Waals surface area contributed by atoms with Crippen LogP contribution in [0, 0.1) is 0 Å². The van der Waals surface area contributed by atoms with Gasteiger partial charge in [-0.05, 0) is 39.8 Å². The Morgan fingerprint density at radius 2 is 0.783 bits per heavy atom. The summed E-state index contributed by atoms with van der Waals surface area (Å²) in [5, 5.41) is 35.6. The van der Waals surface area contributed by atoms with E-state index in [9.17, 15) is 0 Å². The summed E-state index contributed by atoms with van der Waals surface area (Å²) in [6, 6.07) is 5.72. The number of rotatable bonds is 0. The molecule has 0 unspecified atom stereocenters. The van der Waals surface area contributed by atoms with Gasteiger partial charge in [0.05, 0.1) is 0 Å². The number of carboxylic acid groups (broad SMARTS) is 4. The first-order valence-corrected chi connectivity index (χ1v) is 5.48. The van der Waals surface area contributed by atoms with Crippen LogP contribution in [0.1, 0.15) is 27.7 Å². The van der Waals surface area contributed by atoms with Crippen molar-refractivity contribution in [2.24, 2.45) is 0 Å². The number of carboxylic acids is 4. The minimum Gasteiger partial charge on any atom is -0.550 e. The zero-order valence-electron chi connectivity index (χ0n) is 13.1. The Hall–Kier alpha value is -2.05. The molecule has 0 bridgehead atoms. The van der Waals surface area contributed by atoms with E-state index in [1.54, 1.807) is 12.4 Å². The molecule has 1 heterocycles. The summed E-state index contributed by atoms with van der Waals surface area (Å²) < 4.78 is 0. The smallest absolute Gasteiger partial charge is 0.550 e. The fourth-order valence-electron chi connectivity index (χ4n) is 0.313. The number of aromatic nitrogens is 1. The molecule has 0 atom stereocenters. The number of carbonyl (C=O) groups is 4. The van der Waals surface area contributed by atoms with Crippen LogP contribution in [0.4, 0.5) is 0 Å². The van der Waals surface area contributed by atoms with Gasteiger partial charge in [0.1, 0.15) is 0 Å². The van der Waals surface area contributed by atoms with Crippen molar-refractivity contribution in [3.05, 3.63) is 30.6 Å².